The number of nitrogens with zero attached hydrogens (tertiary/aromatic N) is 2. The zero-order valence-corrected chi connectivity index (χ0v) is 17.4. The minimum atomic E-state index is -4.91. The van der Waals surface area contributed by atoms with Crippen LogP contribution >= 0.6 is 0 Å². The van der Waals surface area contributed by atoms with Crippen LogP contribution < -0.4 is 4.74 Å². The third-order valence-electron chi connectivity index (χ3n) is 5.36. The summed E-state index contributed by atoms with van der Waals surface area (Å²) in [4.78, 5) is 14.0. The highest BCUT2D eigenvalue weighted by atomic mass is 32.2. The molecule has 2 saturated heterocycles. The highest BCUT2D eigenvalue weighted by molar-refractivity contribution is 7.89. The Morgan fingerprint density at radius 1 is 1.27 bits per heavy atom. The van der Waals surface area contributed by atoms with E-state index in [0.29, 0.717) is 26.0 Å². The third kappa shape index (κ3) is 5.64. The van der Waals surface area contributed by atoms with Crippen LogP contribution in [0.5, 0.6) is 5.75 Å². The number of carbonyl (C=O) groups excluding carboxylic acids is 1. The number of alkyl halides is 3. The summed E-state index contributed by atoms with van der Waals surface area (Å²) in [5.41, 5.74) is 0. The van der Waals surface area contributed by atoms with Crippen molar-refractivity contribution in [2.24, 2.45) is 5.92 Å². The number of benzene rings is 1. The van der Waals surface area contributed by atoms with Crippen LogP contribution in [0, 0.1) is 5.92 Å². The summed E-state index contributed by atoms with van der Waals surface area (Å²) < 4.78 is 73.4. The molecular weight excluding hydrogens is 425 g/mol. The molecule has 0 saturated carbocycles. The molecule has 0 aromatic heterocycles. The summed E-state index contributed by atoms with van der Waals surface area (Å²) in [7, 11) is -2.27. The number of hydrogen-bond donors (Lipinski definition) is 0. The molecule has 1 aromatic carbocycles. The molecule has 1 unspecified atom stereocenters. The Hall–Kier alpha value is -1.85. The van der Waals surface area contributed by atoms with Crippen molar-refractivity contribution in [3.05, 3.63) is 24.3 Å². The Bertz CT molecular complexity index is 848. The average Bonchev–Trinajstić information content (AvgIpc) is 3.19. The fraction of sp³-hybridized carbons (Fsp3) is 0.632. The number of ether oxygens (including phenoxy) is 2. The van der Waals surface area contributed by atoms with Crippen molar-refractivity contribution in [2.75, 3.05) is 33.3 Å². The maximum atomic E-state index is 12.8. The lowest BCUT2D eigenvalue weighted by Crippen LogP contribution is -2.44. The molecule has 0 radical (unpaired) electrons. The van der Waals surface area contributed by atoms with Gasteiger partial charge in [-0.05, 0) is 37.8 Å². The molecule has 1 amide bonds. The lowest BCUT2D eigenvalue weighted by molar-refractivity contribution is -0.274. The smallest absolute Gasteiger partial charge is 0.406 e. The largest absolute Gasteiger partial charge is 0.573 e. The van der Waals surface area contributed by atoms with E-state index in [4.69, 9.17) is 4.74 Å². The van der Waals surface area contributed by atoms with Crippen molar-refractivity contribution >= 4 is 15.9 Å². The van der Waals surface area contributed by atoms with E-state index in [2.05, 4.69) is 4.74 Å². The number of amides is 1. The second-order valence-corrected chi connectivity index (χ2v) is 9.49. The normalized spacial score (nSPS) is 21.5. The van der Waals surface area contributed by atoms with Gasteiger partial charge in [-0.15, -0.1) is 13.2 Å². The predicted octanol–water partition coefficient (Wildman–Crippen LogP) is 2.62. The first-order chi connectivity index (χ1) is 14.1. The molecule has 2 aliphatic heterocycles. The van der Waals surface area contributed by atoms with Gasteiger partial charge in [0.05, 0.1) is 11.0 Å². The Kier molecular flexibility index (Phi) is 6.93. The lowest BCUT2D eigenvalue weighted by Gasteiger charge is -2.33. The van der Waals surface area contributed by atoms with Crippen LogP contribution in [0.1, 0.15) is 25.7 Å². The van der Waals surface area contributed by atoms with Gasteiger partial charge < -0.3 is 14.4 Å². The molecule has 11 heteroatoms. The fourth-order valence-corrected chi connectivity index (χ4v) is 5.32. The van der Waals surface area contributed by atoms with Crippen LogP contribution in [0.2, 0.25) is 0 Å². The molecule has 0 spiro atoms. The van der Waals surface area contributed by atoms with Crippen molar-refractivity contribution in [1.29, 1.82) is 0 Å². The second-order valence-electron chi connectivity index (χ2n) is 7.55. The number of piperidine rings is 1. The average molecular weight is 450 g/mol. The van der Waals surface area contributed by atoms with Crippen LogP contribution in [0.15, 0.2) is 29.2 Å². The Morgan fingerprint density at radius 2 is 1.97 bits per heavy atom. The topological polar surface area (TPSA) is 76.2 Å². The number of carbonyl (C=O) groups is 1. The zero-order valence-electron chi connectivity index (χ0n) is 16.6. The predicted molar refractivity (Wildman–Crippen MR) is 101 cm³/mol. The van der Waals surface area contributed by atoms with Crippen molar-refractivity contribution in [3.63, 3.8) is 0 Å². The van der Waals surface area contributed by atoms with E-state index in [1.165, 1.54) is 16.4 Å². The van der Waals surface area contributed by atoms with Gasteiger partial charge in [-0.25, -0.2) is 8.42 Å². The molecule has 3 rings (SSSR count). The first-order valence-electron chi connectivity index (χ1n) is 9.79. The van der Waals surface area contributed by atoms with Gasteiger partial charge in [-0.1, -0.05) is 6.07 Å². The summed E-state index contributed by atoms with van der Waals surface area (Å²) in [6.45, 7) is 1.47. The van der Waals surface area contributed by atoms with Gasteiger partial charge in [0.25, 0.3) is 0 Å². The Balaban J connectivity index is 1.59. The summed E-state index contributed by atoms with van der Waals surface area (Å²) in [5, 5.41) is 0. The zero-order chi connectivity index (χ0) is 21.9. The van der Waals surface area contributed by atoms with Crippen molar-refractivity contribution in [1.82, 2.24) is 9.21 Å². The number of likely N-dealkylation sites (N-methyl/N-ethyl adjacent to an activating group) is 1. The van der Waals surface area contributed by atoms with Crippen LogP contribution in [0.25, 0.3) is 0 Å². The SMILES string of the molecule is CN(CC1CCCO1)C(=O)C1CCN(S(=O)(=O)c2cccc(OC(F)(F)F)c2)CC1. The minimum absolute atomic E-state index is 0.0388. The molecule has 2 fully saturated rings. The van der Waals surface area contributed by atoms with Gasteiger partial charge in [0.15, 0.2) is 0 Å². The molecule has 2 heterocycles. The maximum Gasteiger partial charge on any atom is 0.573 e. The van der Waals surface area contributed by atoms with E-state index in [1.54, 1.807) is 11.9 Å². The summed E-state index contributed by atoms with van der Waals surface area (Å²) >= 11 is 0. The molecule has 2 aliphatic rings. The fourth-order valence-electron chi connectivity index (χ4n) is 3.82. The van der Waals surface area contributed by atoms with Gasteiger partial charge in [0.2, 0.25) is 15.9 Å². The molecule has 0 N–H and O–H groups in total. The molecule has 30 heavy (non-hydrogen) atoms. The van der Waals surface area contributed by atoms with E-state index < -0.39 is 22.1 Å². The summed E-state index contributed by atoms with van der Waals surface area (Å²) in [5.74, 6) is -0.921. The Morgan fingerprint density at radius 3 is 2.57 bits per heavy atom. The van der Waals surface area contributed by atoms with Crippen LogP contribution in [0.4, 0.5) is 13.2 Å². The van der Waals surface area contributed by atoms with E-state index in [0.717, 1.165) is 25.0 Å². The first-order valence-corrected chi connectivity index (χ1v) is 11.2. The van der Waals surface area contributed by atoms with Crippen LogP contribution in [-0.4, -0.2) is 69.3 Å². The second kappa shape index (κ2) is 9.11. The van der Waals surface area contributed by atoms with Crippen LogP contribution in [-0.2, 0) is 19.6 Å². The first kappa shape index (κ1) is 22.8. The lowest BCUT2D eigenvalue weighted by atomic mass is 9.96. The highest BCUT2D eigenvalue weighted by Gasteiger charge is 2.35. The standard InChI is InChI=1S/C19H25F3N2O5S/c1-23(13-16-5-3-11-28-16)18(25)14-7-9-24(10-8-14)30(26,27)17-6-2-4-15(12-17)29-19(20,21)22/h2,4,6,12,14,16H,3,5,7-11,13H2,1H3. The quantitative estimate of drug-likeness (QED) is 0.666. The van der Waals surface area contributed by atoms with E-state index in [-0.39, 0.29) is 35.9 Å². The van der Waals surface area contributed by atoms with E-state index >= 15 is 0 Å². The van der Waals surface area contributed by atoms with Crippen molar-refractivity contribution in [3.8, 4) is 5.75 Å². The molecular formula is C19H25F3N2O5S. The highest BCUT2D eigenvalue weighted by Crippen LogP contribution is 2.29. The Labute approximate surface area is 173 Å². The molecule has 0 bridgehead atoms. The number of hydrogen-bond acceptors (Lipinski definition) is 5. The maximum absolute atomic E-state index is 12.8. The molecule has 1 atom stereocenters. The van der Waals surface area contributed by atoms with E-state index in [1.807, 2.05) is 0 Å². The van der Waals surface area contributed by atoms with Gasteiger partial charge in [0, 0.05) is 45.3 Å². The summed E-state index contributed by atoms with van der Waals surface area (Å²) in [6.07, 6.45) is -2.25. The summed E-state index contributed by atoms with van der Waals surface area (Å²) in [6, 6.07) is 4.33. The molecule has 0 aliphatic carbocycles. The molecule has 168 valence electrons. The van der Waals surface area contributed by atoms with Crippen molar-refractivity contribution < 1.29 is 35.9 Å². The van der Waals surface area contributed by atoms with Gasteiger partial charge in [-0.2, -0.15) is 4.31 Å². The number of rotatable bonds is 6. The van der Waals surface area contributed by atoms with Gasteiger partial charge in [0.1, 0.15) is 5.75 Å². The number of halogens is 3. The molecule has 7 nitrogen and oxygen atoms in total. The monoisotopic (exact) mass is 450 g/mol. The van der Waals surface area contributed by atoms with Crippen LogP contribution in [0.3, 0.4) is 0 Å². The minimum Gasteiger partial charge on any atom is -0.406 e. The third-order valence-corrected chi connectivity index (χ3v) is 7.25. The number of sulfonamides is 1. The van der Waals surface area contributed by atoms with E-state index in [9.17, 15) is 26.4 Å². The molecule has 1 aromatic rings. The van der Waals surface area contributed by atoms with Crippen molar-refractivity contribution in [2.45, 2.75) is 43.0 Å². The van der Waals surface area contributed by atoms with Gasteiger partial charge in [-0.3, -0.25) is 4.79 Å². The van der Waals surface area contributed by atoms with Gasteiger partial charge >= 0.3 is 6.36 Å².